The van der Waals surface area contributed by atoms with Crippen LogP contribution >= 0.6 is 11.3 Å². The molecule has 0 unspecified atom stereocenters. The first-order valence-corrected chi connectivity index (χ1v) is 14.9. The summed E-state index contributed by atoms with van der Waals surface area (Å²) in [7, 11) is 1.86. The number of para-hydroxylation sites is 1. The Morgan fingerprint density at radius 2 is 1.72 bits per heavy atom. The lowest BCUT2D eigenvalue weighted by Gasteiger charge is -2.18. The number of carbonyl (C=O) groups excluding carboxylic acids is 1. The highest BCUT2D eigenvalue weighted by Gasteiger charge is 2.25. The van der Waals surface area contributed by atoms with E-state index in [1.807, 2.05) is 11.9 Å². The number of nitrogens with zero attached hydrogens (tertiary/aromatic N) is 4. The van der Waals surface area contributed by atoms with Gasteiger partial charge < -0.3 is 26.8 Å². The third-order valence-electron chi connectivity index (χ3n) is 7.15. The van der Waals surface area contributed by atoms with Gasteiger partial charge in [-0.3, -0.25) is 9.36 Å². The van der Waals surface area contributed by atoms with Crippen molar-refractivity contribution in [2.75, 3.05) is 25.5 Å². The summed E-state index contributed by atoms with van der Waals surface area (Å²) in [5.41, 5.74) is 8.57. The number of nitrogens with one attached hydrogen (secondary N) is 3. The maximum atomic E-state index is 14.9. The predicted molar refractivity (Wildman–Crippen MR) is 177 cm³/mol. The number of rotatable bonds is 12. The van der Waals surface area contributed by atoms with Crippen molar-refractivity contribution in [2.24, 2.45) is 10.8 Å². The molecule has 0 fully saturated rings. The van der Waals surface area contributed by atoms with Crippen molar-refractivity contribution < 1.29 is 13.6 Å². The largest absolute Gasteiger partial charge is 0.351 e. The predicted octanol–water partition coefficient (Wildman–Crippen LogP) is 4.35. The average molecular weight is 645 g/mol. The fourth-order valence-electron chi connectivity index (χ4n) is 5.03. The van der Waals surface area contributed by atoms with Crippen LogP contribution in [0.2, 0.25) is 0 Å². The molecular formula is C32H30F2N8O3S. The number of hydrogen-bond acceptors (Lipinski definition) is 8. The van der Waals surface area contributed by atoms with Gasteiger partial charge in [0.05, 0.1) is 23.8 Å². The monoisotopic (exact) mass is 644 g/mol. The number of hydrazone groups is 1. The van der Waals surface area contributed by atoms with Crippen molar-refractivity contribution in [1.29, 1.82) is 5.41 Å². The summed E-state index contributed by atoms with van der Waals surface area (Å²) in [5, 5.41) is 13.7. The number of primary amides is 1. The van der Waals surface area contributed by atoms with Crippen LogP contribution < -0.4 is 27.7 Å². The smallest absolute Gasteiger partial charge is 0.337 e. The number of urea groups is 1. The quantitative estimate of drug-likeness (QED) is 0.0905. The van der Waals surface area contributed by atoms with Gasteiger partial charge in [0.25, 0.3) is 5.56 Å². The lowest BCUT2D eigenvalue weighted by atomic mass is 10.1. The van der Waals surface area contributed by atoms with Crippen LogP contribution in [0.5, 0.6) is 0 Å². The summed E-state index contributed by atoms with van der Waals surface area (Å²) in [6.45, 7) is 0.757. The van der Waals surface area contributed by atoms with E-state index in [0.717, 1.165) is 22.9 Å². The van der Waals surface area contributed by atoms with E-state index in [9.17, 15) is 23.2 Å². The molecule has 14 heteroatoms. The van der Waals surface area contributed by atoms with E-state index in [-0.39, 0.29) is 22.3 Å². The molecule has 3 aromatic carbocycles. The molecule has 2 amide bonds. The lowest BCUT2D eigenvalue weighted by molar-refractivity contribution is 0.259. The number of thiophene rings is 1. The first-order valence-electron chi connectivity index (χ1n) is 14.1. The fraction of sp³-hybridized carbons (Fsp3) is 0.156. The first-order chi connectivity index (χ1) is 22.2. The first kappa shape index (κ1) is 31.9. The molecule has 0 saturated heterocycles. The second kappa shape index (κ2) is 14.1. The van der Waals surface area contributed by atoms with Gasteiger partial charge in [-0.1, -0.05) is 36.4 Å². The number of anilines is 1. The number of amides is 2. The molecule has 0 aliphatic heterocycles. The fourth-order valence-corrected chi connectivity index (χ4v) is 6.33. The van der Waals surface area contributed by atoms with Gasteiger partial charge in [0.1, 0.15) is 16.5 Å². The molecule has 5 aromatic rings. The number of hydrogen-bond donors (Lipinski definition) is 4. The number of benzene rings is 3. The Hall–Kier alpha value is -5.47. The lowest BCUT2D eigenvalue weighted by Crippen LogP contribution is -2.39. The third kappa shape index (κ3) is 6.77. The number of likely N-dealkylation sites (N-methyl/N-ethyl adjacent to an activating group) is 1. The van der Waals surface area contributed by atoms with Crippen LogP contribution in [0.1, 0.15) is 11.1 Å². The van der Waals surface area contributed by atoms with E-state index in [2.05, 4.69) is 15.8 Å². The Kier molecular flexibility index (Phi) is 9.79. The summed E-state index contributed by atoms with van der Waals surface area (Å²) >= 11 is 1.17. The summed E-state index contributed by atoms with van der Waals surface area (Å²) in [6.07, 6.45) is 2.36. The van der Waals surface area contributed by atoms with Crippen molar-refractivity contribution in [1.82, 2.24) is 19.5 Å². The third-order valence-corrected chi connectivity index (χ3v) is 8.46. The number of aromatic nitrogens is 2. The summed E-state index contributed by atoms with van der Waals surface area (Å²) in [5.74, 6) is -1.63. The number of carbonyl (C=O) groups is 1. The Balaban J connectivity index is 1.76. The zero-order chi connectivity index (χ0) is 32.8. The molecular weight excluding hydrogens is 614 g/mol. The Morgan fingerprint density at radius 1 is 1.02 bits per heavy atom. The molecule has 236 valence electrons. The minimum absolute atomic E-state index is 0.237. The molecule has 0 aliphatic carbocycles. The second-order valence-electron chi connectivity index (χ2n) is 10.3. The van der Waals surface area contributed by atoms with Crippen LogP contribution in [0.3, 0.4) is 0 Å². The van der Waals surface area contributed by atoms with E-state index < -0.39 is 35.5 Å². The molecule has 5 N–H and O–H groups in total. The minimum Gasteiger partial charge on any atom is -0.351 e. The minimum atomic E-state index is -0.815. The van der Waals surface area contributed by atoms with E-state index >= 15 is 0 Å². The Labute approximate surface area is 265 Å². The maximum Gasteiger partial charge on any atom is 0.337 e. The van der Waals surface area contributed by atoms with Gasteiger partial charge in [-0.25, -0.2) is 22.9 Å². The topological polar surface area (TPSA) is 151 Å². The molecule has 0 atom stereocenters. The van der Waals surface area contributed by atoms with Crippen LogP contribution in [-0.2, 0) is 13.1 Å². The molecule has 0 bridgehead atoms. The zero-order valence-electron chi connectivity index (χ0n) is 24.7. The SMILES string of the molecule is CN(CCN/N=C\C=N)Cc1c(-c2ccc(NC(N)=O)cc2)sc2c1c(=O)n(-c1ccccc1)c(=O)n2Cc1c(F)cccc1F. The summed E-state index contributed by atoms with van der Waals surface area (Å²) in [6, 6.07) is 18.0. The molecule has 11 nitrogen and oxygen atoms in total. The van der Waals surface area contributed by atoms with Gasteiger partial charge >= 0.3 is 11.7 Å². The van der Waals surface area contributed by atoms with Crippen LogP contribution in [0, 0.1) is 17.0 Å². The van der Waals surface area contributed by atoms with Crippen molar-refractivity contribution in [2.45, 2.75) is 13.1 Å². The molecule has 2 heterocycles. The Bertz CT molecular complexity index is 2020. The van der Waals surface area contributed by atoms with E-state index in [0.29, 0.717) is 40.5 Å². The van der Waals surface area contributed by atoms with Crippen LogP contribution in [0.25, 0.3) is 26.3 Å². The summed E-state index contributed by atoms with van der Waals surface area (Å²) < 4.78 is 32.1. The molecule has 0 radical (unpaired) electrons. The molecule has 5 rings (SSSR count). The highest BCUT2D eigenvalue weighted by molar-refractivity contribution is 7.22. The number of fused-ring (bicyclic) bond motifs is 1. The maximum absolute atomic E-state index is 14.9. The molecule has 2 aromatic heterocycles. The molecule has 0 saturated carbocycles. The van der Waals surface area contributed by atoms with Gasteiger partial charge in [-0.05, 0) is 54.6 Å². The van der Waals surface area contributed by atoms with Crippen LogP contribution in [0.15, 0.2) is 87.5 Å². The van der Waals surface area contributed by atoms with Gasteiger partial charge in [0.15, 0.2) is 0 Å². The standard InChI is InChI=1S/C32H30F2N8O3S/c1-40(17-16-38-37-15-14-35)18-24-27-29(43)42(22-6-3-2-4-7-22)32(45)41(19-23-25(33)8-5-9-26(23)34)30(27)46-28(24)20-10-12-21(13-11-20)39-31(36)44/h2-15,35,38H,16-19H2,1H3,(H3,36,39,44)/b35-14?,37-15-. The van der Waals surface area contributed by atoms with Crippen molar-refractivity contribution in [3.63, 3.8) is 0 Å². The average Bonchev–Trinajstić information content (AvgIpc) is 3.40. The molecule has 46 heavy (non-hydrogen) atoms. The summed E-state index contributed by atoms with van der Waals surface area (Å²) in [4.78, 5) is 42.6. The van der Waals surface area contributed by atoms with E-state index in [4.69, 9.17) is 11.1 Å². The Morgan fingerprint density at radius 3 is 2.37 bits per heavy atom. The van der Waals surface area contributed by atoms with Crippen molar-refractivity contribution in [3.05, 3.63) is 116 Å². The number of halogens is 2. The van der Waals surface area contributed by atoms with Gasteiger partial charge in [-0.15, -0.1) is 11.3 Å². The van der Waals surface area contributed by atoms with Crippen molar-refractivity contribution in [3.8, 4) is 16.1 Å². The number of nitrogens with two attached hydrogens (primary N) is 1. The van der Waals surface area contributed by atoms with E-state index in [1.54, 1.807) is 54.6 Å². The van der Waals surface area contributed by atoms with Gasteiger partial charge in [-0.2, -0.15) is 5.10 Å². The zero-order valence-corrected chi connectivity index (χ0v) is 25.5. The highest BCUT2D eigenvalue weighted by Crippen LogP contribution is 2.38. The highest BCUT2D eigenvalue weighted by atomic mass is 32.1. The van der Waals surface area contributed by atoms with Gasteiger partial charge in [0, 0.05) is 42.0 Å². The molecule has 0 aliphatic rings. The molecule has 0 spiro atoms. The van der Waals surface area contributed by atoms with Gasteiger partial charge in [0.2, 0.25) is 0 Å². The van der Waals surface area contributed by atoms with Crippen molar-refractivity contribution >= 4 is 45.7 Å². The second-order valence-corrected chi connectivity index (χ2v) is 11.3. The van der Waals surface area contributed by atoms with Crippen LogP contribution in [-0.4, -0.2) is 52.6 Å². The normalized spacial score (nSPS) is 11.4. The van der Waals surface area contributed by atoms with Crippen LogP contribution in [0.4, 0.5) is 19.3 Å². The van der Waals surface area contributed by atoms with E-state index in [1.165, 1.54) is 28.2 Å².